The first-order chi connectivity index (χ1) is 9.76. The van der Waals surface area contributed by atoms with Gasteiger partial charge in [0.1, 0.15) is 0 Å². The van der Waals surface area contributed by atoms with Gasteiger partial charge < -0.3 is 9.88 Å². The third-order valence-electron chi connectivity index (χ3n) is 3.34. The zero-order chi connectivity index (χ0) is 13.9. The van der Waals surface area contributed by atoms with Gasteiger partial charge in [0, 0.05) is 43.3 Å². The molecule has 0 spiro atoms. The molecule has 0 radical (unpaired) electrons. The SMILES string of the molecule is C=CCn1cc(CNCc2cn3c(n2)SCC3)c(C)n1. The van der Waals surface area contributed by atoms with Gasteiger partial charge in [-0.05, 0) is 6.92 Å². The molecule has 0 saturated carbocycles. The van der Waals surface area contributed by atoms with Crippen LogP contribution in [0.2, 0.25) is 0 Å². The first-order valence-corrected chi connectivity index (χ1v) is 7.78. The third-order valence-corrected chi connectivity index (χ3v) is 4.31. The fraction of sp³-hybridized carbons (Fsp3) is 0.429. The Labute approximate surface area is 123 Å². The van der Waals surface area contributed by atoms with Gasteiger partial charge >= 0.3 is 0 Å². The second-order valence-electron chi connectivity index (χ2n) is 4.91. The molecular formula is C14H19N5S. The number of hydrogen-bond donors (Lipinski definition) is 1. The normalized spacial score (nSPS) is 13.7. The monoisotopic (exact) mass is 289 g/mol. The zero-order valence-electron chi connectivity index (χ0n) is 11.7. The first-order valence-electron chi connectivity index (χ1n) is 6.79. The average molecular weight is 289 g/mol. The lowest BCUT2D eigenvalue weighted by Crippen LogP contribution is -2.13. The predicted octanol–water partition coefficient (Wildman–Crippen LogP) is 1.97. The van der Waals surface area contributed by atoms with Crippen LogP contribution in [0.25, 0.3) is 0 Å². The minimum Gasteiger partial charge on any atom is -0.325 e. The van der Waals surface area contributed by atoms with Crippen LogP contribution in [0.15, 0.2) is 30.2 Å². The van der Waals surface area contributed by atoms with Gasteiger partial charge in [0.2, 0.25) is 0 Å². The summed E-state index contributed by atoms with van der Waals surface area (Å²) >= 11 is 1.83. The maximum atomic E-state index is 4.61. The second kappa shape index (κ2) is 5.85. The molecule has 5 nitrogen and oxygen atoms in total. The van der Waals surface area contributed by atoms with Crippen molar-refractivity contribution in [2.24, 2.45) is 0 Å². The van der Waals surface area contributed by atoms with Crippen molar-refractivity contribution < 1.29 is 0 Å². The van der Waals surface area contributed by atoms with E-state index in [-0.39, 0.29) is 0 Å². The third kappa shape index (κ3) is 2.81. The van der Waals surface area contributed by atoms with Crippen molar-refractivity contribution in [3.8, 4) is 0 Å². The smallest absolute Gasteiger partial charge is 0.168 e. The highest BCUT2D eigenvalue weighted by Crippen LogP contribution is 2.24. The fourth-order valence-corrected chi connectivity index (χ4v) is 3.29. The Bertz CT molecular complexity index is 592. The maximum absolute atomic E-state index is 4.61. The molecule has 20 heavy (non-hydrogen) atoms. The van der Waals surface area contributed by atoms with Gasteiger partial charge in [0.15, 0.2) is 5.16 Å². The lowest BCUT2D eigenvalue weighted by atomic mass is 10.2. The number of rotatable bonds is 6. The van der Waals surface area contributed by atoms with Gasteiger partial charge in [0.05, 0.1) is 17.9 Å². The quantitative estimate of drug-likeness (QED) is 0.826. The second-order valence-corrected chi connectivity index (χ2v) is 5.97. The van der Waals surface area contributed by atoms with Gasteiger partial charge in [-0.2, -0.15) is 5.10 Å². The van der Waals surface area contributed by atoms with Gasteiger partial charge in [0.25, 0.3) is 0 Å². The van der Waals surface area contributed by atoms with E-state index >= 15 is 0 Å². The van der Waals surface area contributed by atoms with Crippen molar-refractivity contribution in [2.45, 2.75) is 38.3 Å². The maximum Gasteiger partial charge on any atom is 0.168 e. The summed E-state index contributed by atoms with van der Waals surface area (Å²) in [5, 5.41) is 9.04. The van der Waals surface area contributed by atoms with Crippen LogP contribution in [-0.2, 0) is 26.2 Å². The summed E-state index contributed by atoms with van der Waals surface area (Å²) in [6.07, 6.45) is 6.08. The van der Waals surface area contributed by atoms with Gasteiger partial charge in [-0.1, -0.05) is 17.8 Å². The largest absolute Gasteiger partial charge is 0.325 e. The molecule has 0 unspecified atom stereocenters. The summed E-state index contributed by atoms with van der Waals surface area (Å²) in [6.45, 7) is 9.23. The van der Waals surface area contributed by atoms with Crippen molar-refractivity contribution in [3.63, 3.8) is 0 Å². The standard InChI is InChI=1S/C14H19N5S/c1-3-4-19-9-12(11(2)17-19)7-15-8-13-10-18-5-6-20-14(18)16-13/h3,9-10,15H,1,4-8H2,2H3. The van der Waals surface area contributed by atoms with E-state index in [1.165, 1.54) is 5.56 Å². The Kier molecular flexibility index (Phi) is 3.93. The number of nitrogens with zero attached hydrogens (tertiary/aromatic N) is 4. The summed E-state index contributed by atoms with van der Waals surface area (Å²) in [6, 6.07) is 0. The number of nitrogens with one attached hydrogen (secondary N) is 1. The molecule has 106 valence electrons. The Morgan fingerprint density at radius 3 is 3.15 bits per heavy atom. The lowest BCUT2D eigenvalue weighted by molar-refractivity contribution is 0.674. The Morgan fingerprint density at radius 2 is 2.35 bits per heavy atom. The molecule has 1 aliphatic rings. The zero-order valence-corrected chi connectivity index (χ0v) is 12.5. The number of fused-ring (bicyclic) bond motifs is 1. The van der Waals surface area contributed by atoms with Crippen LogP contribution in [0.1, 0.15) is 17.0 Å². The number of imidazole rings is 1. The Hall–Kier alpha value is -1.53. The fourth-order valence-electron chi connectivity index (χ4n) is 2.33. The van der Waals surface area contributed by atoms with Crippen molar-refractivity contribution >= 4 is 11.8 Å². The highest BCUT2D eigenvalue weighted by molar-refractivity contribution is 7.99. The highest BCUT2D eigenvalue weighted by atomic mass is 32.2. The number of allylic oxidation sites excluding steroid dienone is 1. The molecule has 0 aromatic carbocycles. The van der Waals surface area contributed by atoms with Crippen LogP contribution in [0.4, 0.5) is 0 Å². The van der Waals surface area contributed by atoms with Gasteiger partial charge in [-0.15, -0.1) is 6.58 Å². The van der Waals surface area contributed by atoms with E-state index in [2.05, 4.69) is 38.9 Å². The summed E-state index contributed by atoms with van der Waals surface area (Å²) in [4.78, 5) is 4.61. The first kappa shape index (κ1) is 13.5. The number of aryl methyl sites for hydroxylation is 2. The van der Waals surface area contributed by atoms with Crippen LogP contribution in [0, 0.1) is 6.92 Å². The minimum atomic E-state index is 0.756. The van der Waals surface area contributed by atoms with Crippen LogP contribution in [0.3, 0.4) is 0 Å². The molecule has 3 heterocycles. The van der Waals surface area contributed by atoms with Crippen LogP contribution < -0.4 is 5.32 Å². The topological polar surface area (TPSA) is 47.7 Å². The summed E-state index contributed by atoms with van der Waals surface area (Å²) < 4.78 is 4.15. The molecule has 1 N–H and O–H groups in total. The average Bonchev–Trinajstić information content (AvgIpc) is 3.06. The van der Waals surface area contributed by atoms with Gasteiger partial charge in [-0.25, -0.2) is 4.98 Å². The van der Waals surface area contributed by atoms with Crippen LogP contribution >= 0.6 is 11.8 Å². The van der Waals surface area contributed by atoms with E-state index in [0.717, 1.165) is 48.5 Å². The summed E-state index contributed by atoms with van der Waals surface area (Å²) in [5.41, 5.74) is 3.42. The molecule has 0 amide bonds. The number of hydrogen-bond acceptors (Lipinski definition) is 4. The van der Waals surface area contributed by atoms with Crippen molar-refractivity contribution in [2.75, 3.05) is 5.75 Å². The number of aromatic nitrogens is 4. The van der Waals surface area contributed by atoms with Crippen molar-refractivity contribution in [1.82, 2.24) is 24.6 Å². The Balaban J connectivity index is 1.55. The molecule has 3 rings (SSSR count). The molecule has 2 aromatic rings. The Morgan fingerprint density at radius 1 is 1.45 bits per heavy atom. The van der Waals surface area contributed by atoms with E-state index in [1.54, 1.807) is 0 Å². The molecule has 0 fully saturated rings. The molecule has 1 aliphatic heterocycles. The molecular weight excluding hydrogens is 270 g/mol. The highest BCUT2D eigenvalue weighted by Gasteiger charge is 2.14. The predicted molar refractivity (Wildman–Crippen MR) is 80.7 cm³/mol. The van der Waals surface area contributed by atoms with E-state index in [0.29, 0.717) is 0 Å². The summed E-state index contributed by atoms with van der Waals surface area (Å²) in [7, 11) is 0. The molecule has 6 heteroatoms. The van der Waals surface area contributed by atoms with E-state index in [1.807, 2.05) is 29.4 Å². The molecule has 2 aromatic heterocycles. The molecule has 0 aliphatic carbocycles. The van der Waals surface area contributed by atoms with Crippen molar-refractivity contribution in [1.29, 1.82) is 0 Å². The van der Waals surface area contributed by atoms with E-state index in [9.17, 15) is 0 Å². The van der Waals surface area contributed by atoms with Crippen LogP contribution in [0.5, 0.6) is 0 Å². The minimum absolute atomic E-state index is 0.756. The van der Waals surface area contributed by atoms with E-state index in [4.69, 9.17) is 0 Å². The van der Waals surface area contributed by atoms with Gasteiger partial charge in [-0.3, -0.25) is 4.68 Å². The molecule has 0 atom stereocenters. The summed E-state index contributed by atoms with van der Waals surface area (Å²) in [5.74, 6) is 1.15. The molecule has 0 bridgehead atoms. The van der Waals surface area contributed by atoms with E-state index < -0.39 is 0 Å². The molecule has 0 saturated heterocycles. The lowest BCUT2D eigenvalue weighted by Gasteiger charge is -2.01. The van der Waals surface area contributed by atoms with Crippen LogP contribution in [-0.4, -0.2) is 25.1 Å². The number of thioether (sulfide) groups is 1. The van der Waals surface area contributed by atoms with Crippen molar-refractivity contribution in [3.05, 3.63) is 42.0 Å².